The van der Waals surface area contributed by atoms with Crippen LogP contribution in [0.5, 0.6) is 0 Å². The molecule has 5 nitrogen and oxygen atoms in total. The molecule has 0 rings (SSSR count). The van der Waals surface area contributed by atoms with Gasteiger partial charge in [-0.1, -0.05) is 0 Å². The fraction of sp³-hybridized carbons (Fsp3) is 0.556. The SMILES string of the molecule is CCOC(=O)C(C)=COC(=O)C(C)O. The maximum atomic E-state index is 11.0. The Morgan fingerprint density at radius 1 is 1.50 bits per heavy atom. The van der Waals surface area contributed by atoms with Gasteiger partial charge in [0, 0.05) is 0 Å². The van der Waals surface area contributed by atoms with E-state index in [1.165, 1.54) is 13.8 Å². The van der Waals surface area contributed by atoms with E-state index in [1.54, 1.807) is 6.92 Å². The Balaban J connectivity index is 4.12. The normalized spacial score (nSPS) is 13.3. The Morgan fingerprint density at radius 3 is 2.50 bits per heavy atom. The van der Waals surface area contributed by atoms with Gasteiger partial charge in [-0.3, -0.25) is 0 Å². The van der Waals surface area contributed by atoms with Gasteiger partial charge in [0.25, 0.3) is 0 Å². The molecule has 1 N–H and O–H groups in total. The lowest BCUT2D eigenvalue weighted by Gasteiger charge is -2.03. The number of hydrogen-bond acceptors (Lipinski definition) is 5. The van der Waals surface area contributed by atoms with Gasteiger partial charge in [-0.25, -0.2) is 9.59 Å². The van der Waals surface area contributed by atoms with Crippen molar-refractivity contribution < 1.29 is 24.2 Å². The highest BCUT2D eigenvalue weighted by molar-refractivity contribution is 5.88. The molecule has 0 radical (unpaired) electrons. The van der Waals surface area contributed by atoms with Gasteiger partial charge in [-0.2, -0.15) is 0 Å². The van der Waals surface area contributed by atoms with Crippen LogP contribution in [-0.2, 0) is 19.1 Å². The van der Waals surface area contributed by atoms with Crippen LogP contribution in [0.15, 0.2) is 11.8 Å². The van der Waals surface area contributed by atoms with Gasteiger partial charge in [0.05, 0.1) is 12.2 Å². The topological polar surface area (TPSA) is 72.8 Å². The molecule has 14 heavy (non-hydrogen) atoms. The van der Waals surface area contributed by atoms with Crippen LogP contribution in [0.4, 0.5) is 0 Å². The van der Waals surface area contributed by atoms with Gasteiger partial charge >= 0.3 is 11.9 Å². The number of hydrogen-bond donors (Lipinski definition) is 1. The fourth-order valence-electron chi connectivity index (χ4n) is 0.538. The molecule has 0 bridgehead atoms. The van der Waals surface area contributed by atoms with Crippen LogP contribution in [0.25, 0.3) is 0 Å². The molecule has 0 fully saturated rings. The van der Waals surface area contributed by atoms with Gasteiger partial charge < -0.3 is 14.6 Å². The monoisotopic (exact) mass is 202 g/mol. The molecule has 0 spiro atoms. The Hall–Kier alpha value is -1.36. The molecule has 0 aliphatic heterocycles. The van der Waals surface area contributed by atoms with E-state index in [-0.39, 0.29) is 12.2 Å². The summed E-state index contributed by atoms with van der Waals surface area (Å²) in [6, 6.07) is 0. The predicted octanol–water partition coefficient (Wildman–Crippen LogP) is 0.377. The summed E-state index contributed by atoms with van der Waals surface area (Å²) in [7, 11) is 0. The van der Waals surface area contributed by atoms with E-state index in [2.05, 4.69) is 9.47 Å². The number of carbonyl (C=O) groups is 2. The number of aliphatic hydroxyl groups excluding tert-OH is 1. The molecule has 80 valence electrons. The van der Waals surface area contributed by atoms with E-state index in [0.29, 0.717) is 0 Å². The maximum Gasteiger partial charge on any atom is 0.339 e. The molecule has 0 aromatic carbocycles. The first kappa shape index (κ1) is 12.6. The minimum absolute atomic E-state index is 0.167. The minimum Gasteiger partial charge on any atom is -0.463 e. The van der Waals surface area contributed by atoms with Crippen molar-refractivity contribution in [1.82, 2.24) is 0 Å². The lowest BCUT2D eigenvalue weighted by atomic mass is 10.3. The van der Waals surface area contributed by atoms with Gasteiger partial charge in [0.2, 0.25) is 0 Å². The zero-order chi connectivity index (χ0) is 11.1. The van der Waals surface area contributed by atoms with Crippen molar-refractivity contribution in [3.8, 4) is 0 Å². The highest BCUT2D eigenvalue weighted by Crippen LogP contribution is 1.98. The van der Waals surface area contributed by atoms with Crippen LogP contribution in [-0.4, -0.2) is 29.8 Å². The van der Waals surface area contributed by atoms with E-state index in [4.69, 9.17) is 5.11 Å². The second kappa shape index (κ2) is 6.15. The molecular formula is C9H14O5. The maximum absolute atomic E-state index is 11.0. The molecule has 5 heteroatoms. The summed E-state index contributed by atoms with van der Waals surface area (Å²) < 4.78 is 9.12. The second-order valence-electron chi connectivity index (χ2n) is 2.63. The molecule has 0 aliphatic carbocycles. The molecular weight excluding hydrogens is 188 g/mol. The van der Waals surface area contributed by atoms with E-state index in [0.717, 1.165) is 6.26 Å². The lowest BCUT2D eigenvalue weighted by Crippen LogP contribution is -2.17. The zero-order valence-corrected chi connectivity index (χ0v) is 8.44. The highest BCUT2D eigenvalue weighted by Gasteiger charge is 2.10. The van der Waals surface area contributed by atoms with E-state index >= 15 is 0 Å². The molecule has 0 aliphatic rings. The predicted molar refractivity (Wildman–Crippen MR) is 48.2 cm³/mol. The summed E-state index contributed by atoms with van der Waals surface area (Å²) in [6.45, 7) is 4.66. The summed E-state index contributed by atoms with van der Waals surface area (Å²) in [5.41, 5.74) is 0.167. The largest absolute Gasteiger partial charge is 0.463 e. The average Bonchev–Trinajstić information content (AvgIpc) is 2.13. The molecule has 1 atom stereocenters. The highest BCUT2D eigenvalue weighted by atomic mass is 16.5. The average molecular weight is 202 g/mol. The molecule has 0 heterocycles. The standard InChI is InChI=1S/C9H14O5/c1-4-13-8(11)6(2)5-14-9(12)7(3)10/h5,7,10H,4H2,1-3H3. The summed E-state index contributed by atoms with van der Waals surface area (Å²) in [6.07, 6.45) is -0.242. The van der Waals surface area contributed by atoms with Crippen LogP contribution >= 0.6 is 0 Å². The van der Waals surface area contributed by atoms with Crippen LogP contribution in [0.2, 0.25) is 0 Å². The molecule has 0 aromatic heterocycles. The zero-order valence-electron chi connectivity index (χ0n) is 8.44. The molecule has 1 unspecified atom stereocenters. The van der Waals surface area contributed by atoms with Crippen molar-refractivity contribution in [3.63, 3.8) is 0 Å². The first-order chi connectivity index (χ1) is 6.49. The molecule has 0 amide bonds. The van der Waals surface area contributed by atoms with Crippen LogP contribution in [0.1, 0.15) is 20.8 Å². The second-order valence-corrected chi connectivity index (χ2v) is 2.63. The van der Waals surface area contributed by atoms with Crippen LogP contribution in [0, 0.1) is 0 Å². The van der Waals surface area contributed by atoms with E-state index < -0.39 is 18.0 Å². The van der Waals surface area contributed by atoms with E-state index in [1.807, 2.05) is 0 Å². The third kappa shape index (κ3) is 4.61. The minimum atomic E-state index is -1.21. The Morgan fingerprint density at radius 2 is 2.07 bits per heavy atom. The molecule has 0 saturated heterocycles. The van der Waals surface area contributed by atoms with E-state index in [9.17, 15) is 9.59 Å². The smallest absolute Gasteiger partial charge is 0.339 e. The molecule has 0 aromatic rings. The van der Waals surface area contributed by atoms with Gasteiger partial charge in [0.1, 0.15) is 12.4 Å². The fourth-order valence-corrected chi connectivity index (χ4v) is 0.538. The molecule has 0 saturated carbocycles. The van der Waals surface area contributed by atoms with Crippen molar-refractivity contribution in [3.05, 3.63) is 11.8 Å². The first-order valence-electron chi connectivity index (χ1n) is 4.21. The Bertz CT molecular complexity index is 242. The Labute approximate surface area is 82.3 Å². The van der Waals surface area contributed by atoms with Crippen molar-refractivity contribution in [1.29, 1.82) is 0 Å². The first-order valence-corrected chi connectivity index (χ1v) is 4.21. The Kier molecular flexibility index (Phi) is 5.55. The van der Waals surface area contributed by atoms with Gasteiger partial charge in [0.15, 0.2) is 0 Å². The number of ether oxygens (including phenoxy) is 2. The van der Waals surface area contributed by atoms with Gasteiger partial charge in [-0.15, -0.1) is 0 Å². The lowest BCUT2D eigenvalue weighted by molar-refractivity contribution is -0.146. The summed E-state index contributed by atoms with van der Waals surface area (Å²) in [5, 5.41) is 8.76. The van der Waals surface area contributed by atoms with Crippen molar-refractivity contribution in [2.45, 2.75) is 26.9 Å². The van der Waals surface area contributed by atoms with Gasteiger partial charge in [-0.05, 0) is 20.8 Å². The number of carbonyl (C=O) groups excluding carboxylic acids is 2. The number of aliphatic hydroxyl groups is 1. The summed E-state index contributed by atoms with van der Waals surface area (Å²) in [4.78, 5) is 21.7. The van der Waals surface area contributed by atoms with Crippen molar-refractivity contribution in [2.75, 3.05) is 6.61 Å². The summed E-state index contributed by atoms with van der Waals surface area (Å²) >= 11 is 0. The van der Waals surface area contributed by atoms with Crippen molar-refractivity contribution >= 4 is 11.9 Å². The number of esters is 2. The van der Waals surface area contributed by atoms with Crippen LogP contribution < -0.4 is 0 Å². The quantitative estimate of drug-likeness (QED) is 0.405. The number of rotatable bonds is 4. The third-order valence-electron chi connectivity index (χ3n) is 1.29. The third-order valence-corrected chi connectivity index (χ3v) is 1.29. The summed E-state index contributed by atoms with van der Waals surface area (Å²) in [5.74, 6) is -1.36. The van der Waals surface area contributed by atoms with Crippen LogP contribution in [0.3, 0.4) is 0 Å². The van der Waals surface area contributed by atoms with Crippen molar-refractivity contribution in [2.24, 2.45) is 0 Å².